The first-order valence-corrected chi connectivity index (χ1v) is 6.89. The largest absolute Gasteiger partial charge is 0.273 e. The van der Waals surface area contributed by atoms with Gasteiger partial charge in [0.05, 0.1) is 5.41 Å². The number of carbonyl (C=O) groups excluding carboxylic acids is 1. The highest BCUT2D eigenvalue weighted by Gasteiger charge is 2.53. The van der Waals surface area contributed by atoms with Gasteiger partial charge in [-0.2, -0.15) is 0 Å². The van der Waals surface area contributed by atoms with Gasteiger partial charge in [0.2, 0.25) is 5.91 Å². The Morgan fingerprint density at radius 2 is 2.16 bits per heavy atom. The molecule has 1 aromatic heterocycles. The number of nitrogens with zero attached hydrogens (tertiary/aromatic N) is 2. The van der Waals surface area contributed by atoms with Crippen LogP contribution in [0.5, 0.6) is 0 Å². The van der Waals surface area contributed by atoms with Crippen LogP contribution >= 0.6 is 11.6 Å². The van der Waals surface area contributed by atoms with E-state index in [0.717, 1.165) is 30.7 Å². The van der Waals surface area contributed by atoms with Gasteiger partial charge in [-0.25, -0.2) is 4.98 Å². The summed E-state index contributed by atoms with van der Waals surface area (Å²) in [5, 5.41) is 0.673. The lowest BCUT2D eigenvalue weighted by Gasteiger charge is -2.17. The Kier molecular flexibility index (Phi) is 2.94. The number of benzene rings is 1. The first-order chi connectivity index (χ1) is 9.19. The van der Waals surface area contributed by atoms with Crippen molar-refractivity contribution in [2.75, 3.05) is 0 Å². The summed E-state index contributed by atoms with van der Waals surface area (Å²) in [4.78, 5) is 17.0. The third-order valence-electron chi connectivity index (χ3n) is 3.80. The van der Waals surface area contributed by atoms with Crippen molar-refractivity contribution in [2.45, 2.75) is 31.6 Å². The zero-order valence-electron chi connectivity index (χ0n) is 10.8. The minimum absolute atomic E-state index is 0.0925. The maximum atomic E-state index is 12.8. The average Bonchev–Trinajstić information content (AvgIpc) is 3.09. The molecule has 0 aliphatic heterocycles. The third kappa shape index (κ3) is 1.89. The lowest BCUT2D eigenvalue weighted by molar-refractivity contribution is 0.0859. The maximum absolute atomic E-state index is 12.8. The smallest absolute Gasteiger partial charge is 0.242 e. The number of hydrogen-bond donors (Lipinski definition) is 0. The predicted octanol–water partition coefficient (Wildman–Crippen LogP) is 3.47. The highest BCUT2D eigenvalue weighted by molar-refractivity contribution is 6.31. The summed E-state index contributed by atoms with van der Waals surface area (Å²) in [6.45, 7) is 2.00. The molecule has 1 saturated carbocycles. The van der Waals surface area contributed by atoms with Gasteiger partial charge in [-0.15, -0.1) is 0 Å². The topological polar surface area (TPSA) is 34.9 Å². The van der Waals surface area contributed by atoms with Crippen molar-refractivity contribution >= 4 is 17.5 Å². The van der Waals surface area contributed by atoms with E-state index < -0.39 is 5.41 Å². The molecule has 98 valence electrons. The molecule has 0 amide bonds. The minimum Gasteiger partial charge on any atom is -0.273 e. The SMILES string of the molecule is CCc1nccn1C(=O)C1(c2ccccc2Cl)CC1. The molecule has 3 nitrogen and oxygen atoms in total. The Balaban J connectivity index is 2.03. The van der Waals surface area contributed by atoms with Crippen molar-refractivity contribution in [1.29, 1.82) is 0 Å². The number of hydrogen-bond acceptors (Lipinski definition) is 2. The maximum Gasteiger partial charge on any atom is 0.242 e. The Morgan fingerprint density at radius 1 is 1.42 bits per heavy atom. The van der Waals surface area contributed by atoms with E-state index in [4.69, 9.17) is 11.6 Å². The molecule has 4 heteroatoms. The van der Waals surface area contributed by atoms with E-state index in [1.807, 2.05) is 31.2 Å². The van der Waals surface area contributed by atoms with E-state index >= 15 is 0 Å². The van der Waals surface area contributed by atoms with Crippen LogP contribution in [0.1, 0.15) is 35.9 Å². The fraction of sp³-hybridized carbons (Fsp3) is 0.333. The molecule has 1 aliphatic rings. The molecule has 0 N–H and O–H groups in total. The van der Waals surface area contributed by atoms with Gasteiger partial charge in [-0.3, -0.25) is 9.36 Å². The summed E-state index contributed by atoms with van der Waals surface area (Å²) in [6.07, 6.45) is 5.89. The van der Waals surface area contributed by atoms with Crippen molar-refractivity contribution < 1.29 is 4.79 Å². The van der Waals surface area contributed by atoms with Gasteiger partial charge in [0.1, 0.15) is 5.82 Å². The molecule has 0 saturated heterocycles. The van der Waals surface area contributed by atoms with E-state index in [-0.39, 0.29) is 5.91 Å². The van der Waals surface area contributed by atoms with Gasteiger partial charge < -0.3 is 0 Å². The molecule has 3 rings (SSSR count). The van der Waals surface area contributed by atoms with Crippen molar-refractivity contribution in [3.63, 3.8) is 0 Å². The van der Waals surface area contributed by atoms with Gasteiger partial charge >= 0.3 is 0 Å². The molecule has 1 fully saturated rings. The molecule has 2 aromatic rings. The van der Waals surface area contributed by atoms with Gasteiger partial charge in [-0.1, -0.05) is 36.7 Å². The van der Waals surface area contributed by atoms with E-state index in [2.05, 4.69) is 4.98 Å². The Hall–Kier alpha value is -1.61. The van der Waals surface area contributed by atoms with Gasteiger partial charge in [0, 0.05) is 23.8 Å². The third-order valence-corrected chi connectivity index (χ3v) is 4.13. The van der Waals surface area contributed by atoms with E-state index in [1.165, 1.54) is 0 Å². The van der Waals surface area contributed by atoms with Crippen LogP contribution < -0.4 is 0 Å². The second-order valence-corrected chi connectivity index (χ2v) is 5.34. The summed E-state index contributed by atoms with van der Waals surface area (Å²) in [5.41, 5.74) is 0.501. The van der Waals surface area contributed by atoms with Crippen LogP contribution in [0, 0.1) is 0 Å². The van der Waals surface area contributed by atoms with Crippen LogP contribution in [0.25, 0.3) is 0 Å². The molecular weight excluding hydrogens is 260 g/mol. The van der Waals surface area contributed by atoms with Crippen LogP contribution in [0.15, 0.2) is 36.7 Å². The Bertz CT molecular complexity index is 629. The molecule has 0 spiro atoms. The fourth-order valence-electron chi connectivity index (χ4n) is 2.58. The Labute approximate surface area is 117 Å². The van der Waals surface area contributed by atoms with Gasteiger partial charge in [-0.05, 0) is 24.5 Å². The molecule has 1 aliphatic carbocycles. The van der Waals surface area contributed by atoms with E-state index in [9.17, 15) is 4.79 Å². The van der Waals surface area contributed by atoms with Gasteiger partial charge in [0.15, 0.2) is 0 Å². The molecule has 19 heavy (non-hydrogen) atoms. The van der Waals surface area contributed by atoms with Crippen molar-refractivity contribution in [2.24, 2.45) is 0 Å². The second kappa shape index (κ2) is 4.49. The van der Waals surface area contributed by atoms with Crippen LogP contribution in [0.4, 0.5) is 0 Å². The van der Waals surface area contributed by atoms with Gasteiger partial charge in [0.25, 0.3) is 0 Å². The molecule has 0 atom stereocenters. The first kappa shape index (κ1) is 12.4. The van der Waals surface area contributed by atoms with Crippen molar-refractivity contribution in [1.82, 2.24) is 9.55 Å². The number of rotatable bonds is 3. The second-order valence-electron chi connectivity index (χ2n) is 4.93. The minimum atomic E-state index is -0.442. The number of halogens is 1. The Morgan fingerprint density at radius 3 is 2.79 bits per heavy atom. The van der Waals surface area contributed by atoms with Crippen molar-refractivity contribution in [3.8, 4) is 0 Å². The van der Waals surface area contributed by atoms with Crippen LogP contribution in [-0.2, 0) is 11.8 Å². The summed E-state index contributed by atoms with van der Waals surface area (Å²) < 4.78 is 1.68. The zero-order valence-corrected chi connectivity index (χ0v) is 11.5. The monoisotopic (exact) mass is 274 g/mol. The van der Waals surface area contributed by atoms with E-state index in [1.54, 1.807) is 17.0 Å². The molecule has 0 radical (unpaired) electrons. The summed E-state index contributed by atoms with van der Waals surface area (Å²) in [6, 6.07) is 7.62. The van der Waals surface area contributed by atoms with Crippen LogP contribution in [0.3, 0.4) is 0 Å². The molecule has 0 bridgehead atoms. The number of imidazole rings is 1. The summed E-state index contributed by atoms with van der Waals surface area (Å²) >= 11 is 6.25. The highest BCUT2D eigenvalue weighted by atomic mass is 35.5. The lowest BCUT2D eigenvalue weighted by Crippen LogP contribution is -2.28. The quantitative estimate of drug-likeness (QED) is 0.859. The number of aryl methyl sites for hydroxylation is 1. The summed E-state index contributed by atoms with van der Waals surface area (Å²) in [5.74, 6) is 0.901. The first-order valence-electron chi connectivity index (χ1n) is 6.51. The lowest BCUT2D eigenvalue weighted by atomic mass is 9.94. The number of aromatic nitrogens is 2. The fourth-order valence-corrected chi connectivity index (χ4v) is 2.90. The highest BCUT2D eigenvalue weighted by Crippen LogP contribution is 2.51. The van der Waals surface area contributed by atoms with Crippen molar-refractivity contribution in [3.05, 3.63) is 53.1 Å². The standard InChI is InChI=1S/C15H15ClN2O/c1-2-13-17-9-10-18(13)14(19)15(7-8-15)11-5-3-4-6-12(11)16/h3-6,9-10H,2,7-8H2,1H3. The molecular formula is C15H15ClN2O. The van der Waals surface area contributed by atoms with Crippen LogP contribution in [-0.4, -0.2) is 15.5 Å². The van der Waals surface area contributed by atoms with Crippen LogP contribution in [0.2, 0.25) is 5.02 Å². The molecule has 1 heterocycles. The predicted molar refractivity (Wildman–Crippen MR) is 74.6 cm³/mol. The number of carbonyl (C=O) groups is 1. The summed E-state index contributed by atoms with van der Waals surface area (Å²) in [7, 11) is 0. The average molecular weight is 275 g/mol. The normalized spacial score (nSPS) is 16.3. The molecule has 1 aromatic carbocycles. The van der Waals surface area contributed by atoms with E-state index in [0.29, 0.717) is 5.02 Å². The zero-order chi connectivity index (χ0) is 13.5. The molecule has 0 unspecified atom stereocenters.